The molecule has 0 radical (unpaired) electrons. The third kappa shape index (κ3) is 5.97. The Bertz CT molecular complexity index is 902. The van der Waals surface area contributed by atoms with E-state index >= 15 is 0 Å². The standard InChI is InChI=1S/C20H25FN2O3S2/c1-4-18(23(28(3,25)26)19-8-6-5-7-17(19)21)20(24)22-13-14-27-16-11-9-15(2)10-12-16/h5-12,18H,4,13-14H2,1-3H3,(H,22,24)/t18-/m0/s1. The van der Waals surface area contributed by atoms with Crippen LogP contribution in [0.4, 0.5) is 10.1 Å². The van der Waals surface area contributed by atoms with E-state index in [1.165, 1.54) is 23.8 Å². The van der Waals surface area contributed by atoms with Gasteiger partial charge in [-0.1, -0.05) is 36.8 Å². The highest BCUT2D eigenvalue weighted by molar-refractivity contribution is 7.99. The number of nitrogens with zero attached hydrogens (tertiary/aromatic N) is 1. The summed E-state index contributed by atoms with van der Waals surface area (Å²) in [5.74, 6) is -0.487. The zero-order valence-corrected chi connectivity index (χ0v) is 17.8. The molecule has 0 heterocycles. The average molecular weight is 425 g/mol. The van der Waals surface area contributed by atoms with Gasteiger partial charge in [-0.15, -0.1) is 11.8 Å². The van der Waals surface area contributed by atoms with E-state index in [2.05, 4.69) is 5.32 Å². The number of sulfonamides is 1. The largest absolute Gasteiger partial charge is 0.353 e. The SMILES string of the molecule is CC[C@@H](C(=O)NCCSc1ccc(C)cc1)N(c1ccccc1F)S(C)(=O)=O. The van der Waals surface area contributed by atoms with Crippen LogP contribution in [0.2, 0.25) is 0 Å². The van der Waals surface area contributed by atoms with Crippen molar-refractivity contribution in [3.63, 3.8) is 0 Å². The van der Waals surface area contributed by atoms with Gasteiger partial charge in [0.15, 0.2) is 0 Å². The fourth-order valence-corrected chi connectivity index (χ4v) is 4.74. The Hall–Kier alpha value is -2.06. The number of rotatable bonds is 9. The molecule has 0 fully saturated rings. The molecule has 0 aliphatic heterocycles. The number of aryl methyl sites for hydroxylation is 1. The molecule has 5 nitrogen and oxygen atoms in total. The molecule has 1 amide bonds. The van der Waals surface area contributed by atoms with Crippen LogP contribution < -0.4 is 9.62 Å². The minimum atomic E-state index is -3.85. The van der Waals surface area contributed by atoms with Gasteiger partial charge in [0, 0.05) is 17.2 Å². The molecule has 28 heavy (non-hydrogen) atoms. The van der Waals surface area contributed by atoms with Gasteiger partial charge in [-0.05, 0) is 37.6 Å². The summed E-state index contributed by atoms with van der Waals surface area (Å²) >= 11 is 1.60. The molecule has 0 unspecified atom stereocenters. The summed E-state index contributed by atoms with van der Waals surface area (Å²) in [5.41, 5.74) is 1.05. The van der Waals surface area contributed by atoms with Gasteiger partial charge in [0.1, 0.15) is 11.9 Å². The number of carbonyl (C=O) groups is 1. The summed E-state index contributed by atoms with van der Waals surface area (Å²) in [4.78, 5) is 13.7. The summed E-state index contributed by atoms with van der Waals surface area (Å²) in [6, 6.07) is 12.6. The van der Waals surface area contributed by atoms with Crippen molar-refractivity contribution >= 4 is 33.4 Å². The van der Waals surface area contributed by atoms with Gasteiger partial charge in [0.2, 0.25) is 15.9 Å². The highest BCUT2D eigenvalue weighted by Crippen LogP contribution is 2.25. The summed E-state index contributed by atoms with van der Waals surface area (Å²) in [7, 11) is -3.85. The lowest BCUT2D eigenvalue weighted by molar-refractivity contribution is -0.122. The van der Waals surface area contributed by atoms with Crippen molar-refractivity contribution in [1.82, 2.24) is 5.32 Å². The van der Waals surface area contributed by atoms with Crippen LogP contribution in [0.5, 0.6) is 0 Å². The number of anilines is 1. The highest BCUT2D eigenvalue weighted by Gasteiger charge is 2.32. The minimum Gasteiger partial charge on any atom is -0.353 e. The second-order valence-electron chi connectivity index (χ2n) is 6.39. The first-order chi connectivity index (χ1) is 13.2. The molecule has 0 bridgehead atoms. The van der Waals surface area contributed by atoms with Crippen LogP contribution in [0.1, 0.15) is 18.9 Å². The van der Waals surface area contributed by atoms with Crippen LogP contribution in [-0.2, 0) is 14.8 Å². The van der Waals surface area contributed by atoms with Crippen molar-refractivity contribution in [2.24, 2.45) is 0 Å². The maximum absolute atomic E-state index is 14.2. The fourth-order valence-electron chi connectivity index (χ4n) is 2.76. The van der Waals surface area contributed by atoms with Gasteiger partial charge in [-0.3, -0.25) is 9.10 Å². The first-order valence-electron chi connectivity index (χ1n) is 8.95. The maximum atomic E-state index is 14.2. The van der Waals surface area contributed by atoms with E-state index < -0.39 is 27.8 Å². The Morgan fingerprint density at radius 3 is 2.39 bits per heavy atom. The predicted molar refractivity (Wildman–Crippen MR) is 113 cm³/mol. The molecule has 0 saturated heterocycles. The van der Waals surface area contributed by atoms with Crippen LogP contribution >= 0.6 is 11.8 Å². The van der Waals surface area contributed by atoms with Crippen LogP contribution in [0, 0.1) is 12.7 Å². The molecule has 0 aromatic heterocycles. The van der Waals surface area contributed by atoms with Gasteiger partial charge in [0.05, 0.1) is 11.9 Å². The minimum absolute atomic E-state index is 0.124. The molecular formula is C20H25FN2O3S2. The second kappa shape index (κ2) is 9.93. The van der Waals surface area contributed by atoms with Crippen molar-refractivity contribution in [2.75, 3.05) is 22.9 Å². The normalized spacial score (nSPS) is 12.4. The highest BCUT2D eigenvalue weighted by atomic mass is 32.2. The third-order valence-electron chi connectivity index (χ3n) is 4.11. The molecule has 1 N–H and O–H groups in total. The van der Waals surface area contributed by atoms with E-state index in [1.807, 2.05) is 31.2 Å². The van der Waals surface area contributed by atoms with Gasteiger partial charge in [-0.25, -0.2) is 12.8 Å². The van der Waals surface area contributed by atoms with Gasteiger partial charge in [-0.2, -0.15) is 0 Å². The summed E-state index contributed by atoms with van der Waals surface area (Å²) in [6.07, 6.45) is 1.20. The number of halogens is 1. The number of amides is 1. The molecule has 0 saturated carbocycles. The van der Waals surface area contributed by atoms with Crippen LogP contribution in [0.15, 0.2) is 53.4 Å². The Morgan fingerprint density at radius 1 is 1.18 bits per heavy atom. The molecule has 0 spiro atoms. The zero-order valence-electron chi connectivity index (χ0n) is 16.2. The second-order valence-corrected chi connectivity index (χ2v) is 9.41. The average Bonchev–Trinajstić information content (AvgIpc) is 2.64. The Morgan fingerprint density at radius 2 is 1.82 bits per heavy atom. The van der Waals surface area contributed by atoms with Crippen molar-refractivity contribution in [3.05, 3.63) is 59.9 Å². The van der Waals surface area contributed by atoms with Crippen molar-refractivity contribution < 1.29 is 17.6 Å². The Labute approximate surface area is 170 Å². The number of benzene rings is 2. The molecule has 8 heteroatoms. The van der Waals surface area contributed by atoms with Crippen molar-refractivity contribution in [1.29, 1.82) is 0 Å². The van der Waals surface area contributed by atoms with Gasteiger partial charge >= 0.3 is 0 Å². The molecule has 2 aromatic carbocycles. The monoisotopic (exact) mass is 424 g/mol. The quantitative estimate of drug-likeness (QED) is 0.494. The van der Waals surface area contributed by atoms with Crippen LogP contribution in [0.3, 0.4) is 0 Å². The molecule has 2 aromatic rings. The summed E-state index contributed by atoms with van der Waals surface area (Å²) in [6.45, 7) is 4.09. The number of nitrogens with one attached hydrogen (secondary N) is 1. The molecule has 0 aliphatic carbocycles. The van der Waals surface area contributed by atoms with Gasteiger partial charge < -0.3 is 5.32 Å². The van der Waals surface area contributed by atoms with E-state index in [4.69, 9.17) is 0 Å². The number of thioether (sulfide) groups is 1. The Balaban J connectivity index is 2.05. The third-order valence-corrected chi connectivity index (χ3v) is 6.29. The predicted octanol–water partition coefficient (Wildman–Crippen LogP) is 3.59. The molecule has 2 rings (SSSR count). The van der Waals surface area contributed by atoms with E-state index in [0.29, 0.717) is 12.3 Å². The summed E-state index contributed by atoms with van der Waals surface area (Å²) < 4.78 is 39.7. The smallest absolute Gasteiger partial charge is 0.243 e. The lowest BCUT2D eigenvalue weighted by Crippen LogP contribution is -2.50. The Kier molecular flexibility index (Phi) is 7.88. The number of hydrogen-bond donors (Lipinski definition) is 1. The lowest BCUT2D eigenvalue weighted by Gasteiger charge is -2.30. The lowest BCUT2D eigenvalue weighted by atomic mass is 10.2. The number of para-hydroxylation sites is 1. The van der Waals surface area contributed by atoms with E-state index in [9.17, 15) is 17.6 Å². The van der Waals surface area contributed by atoms with E-state index in [-0.39, 0.29) is 12.1 Å². The van der Waals surface area contributed by atoms with Gasteiger partial charge in [0.25, 0.3) is 0 Å². The summed E-state index contributed by atoms with van der Waals surface area (Å²) in [5, 5.41) is 2.77. The van der Waals surface area contributed by atoms with Crippen molar-refractivity contribution in [3.8, 4) is 0 Å². The number of carbonyl (C=O) groups excluding carboxylic acids is 1. The molecule has 0 aliphatic rings. The fraction of sp³-hybridized carbons (Fsp3) is 0.350. The molecular weight excluding hydrogens is 399 g/mol. The molecule has 1 atom stereocenters. The van der Waals surface area contributed by atoms with Crippen molar-refractivity contribution in [2.45, 2.75) is 31.2 Å². The first kappa shape index (κ1) is 22.2. The number of hydrogen-bond acceptors (Lipinski definition) is 4. The first-order valence-corrected chi connectivity index (χ1v) is 11.8. The van der Waals surface area contributed by atoms with E-state index in [0.717, 1.165) is 15.5 Å². The zero-order chi connectivity index (χ0) is 20.7. The topological polar surface area (TPSA) is 66.5 Å². The van der Waals surface area contributed by atoms with E-state index in [1.54, 1.807) is 24.8 Å². The van der Waals surface area contributed by atoms with Crippen LogP contribution in [-0.4, -0.2) is 38.9 Å². The maximum Gasteiger partial charge on any atom is 0.243 e. The molecule has 152 valence electrons. The van der Waals surface area contributed by atoms with Crippen LogP contribution in [0.25, 0.3) is 0 Å².